The van der Waals surface area contributed by atoms with Gasteiger partial charge in [-0.1, -0.05) is 6.07 Å². The van der Waals surface area contributed by atoms with Gasteiger partial charge < -0.3 is 10.3 Å². The maximum atomic E-state index is 11.9. The zero-order chi connectivity index (χ0) is 9.73. The molecule has 5 heteroatoms. The van der Waals surface area contributed by atoms with E-state index in [0.717, 1.165) is 6.29 Å². The van der Waals surface area contributed by atoms with Gasteiger partial charge in [0.25, 0.3) is 7.37 Å². The fourth-order valence-corrected chi connectivity index (χ4v) is 2.19. The van der Waals surface area contributed by atoms with Crippen LogP contribution in [0.25, 0.3) is 0 Å². The standard InChI is InChI=1S/C8H12N2O2P/c1-2-12-13(11,7-9)8-5-3-4-6-10-8/h3-7H,2,9H2,1H3. The number of nitrogens with two attached hydrogens (primary N) is 1. The van der Waals surface area contributed by atoms with Gasteiger partial charge in [-0.3, -0.25) is 9.55 Å². The Morgan fingerprint density at radius 3 is 2.92 bits per heavy atom. The molecule has 1 radical (unpaired) electrons. The Balaban J connectivity index is 2.96. The SMILES string of the molecule is CCOP(=O)([CH]N)c1ccccn1. The monoisotopic (exact) mass is 199 g/mol. The second-order valence-corrected chi connectivity index (χ2v) is 4.56. The van der Waals surface area contributed by atoms with E-state index >= 15 is 0 Å². The molecule has 1 atom stereocenters. The summed E-state index contributed by atoms with van der Waals surface area (Å²) in [7, 11) is -3.01. The third-order valence-electron chi connectivity index (χ3n) is 1.49. The van der Waals surface area contributed by atoms with E-state index in [1.807, 2.05) is 0 Å². The molecule has 0 aliphatic rings. The van der Waals surface area contributed by atoms with Crippen LogP contribution in [0.5, 0.6) is 0 Å². The third-order valence-corrected chi connectivity index (χ3v) is 3.42. The van der Waals surface area contributed by atoms with Gasteiger partial charge in [0.05, 0.1) is 6.61 Å². The van der Waals surface area contributed by atoms with Gasteiger partial charge in [0.2, 0.25) is 0 Å². The molecule has 0 saturated carbocycles. The zero-order valence-electron chi connectivity index (χ0n) is 7.38. The summed E-state index contributed by atoms with van der Waals surface area (Å²) in [4.78, 5) is 3.94. The summed E-state index contributed by atoms with van der Waals surface area (Å²) in [6.45, 7) is 2.11. The minimum Gasteiger partial charge on any atom is -0.323 e. The fourth-order valence-electron chi connectivity index (χ4n) is 0.915. The smallest absolute Gasteiger partial charge is 0.268 e. The van der Waals surface area contributed by atoms with E-state index in [0.29, 0.717) is 12.0 Å². The van der Waals surface area contributed by atoms with Crippen LogP contribution in [-0.2, 0) is 9.09 Å². The Morgan fingerprint density at radius 2 is 2.46 bits per heavy atom. The van der Waals surface area contributed by atoms with Crippen molar-refractivity contribution in [3.63, 3.8) is 0 Å². The molecule has 13 heavy (non-hydrogen) atoms. The molecule has 2 N–H and O–H groups in total. The van der Waals surface area contributed by atoms with Crippen LogP contribution in [0.15, 0.2) is 24.4 Å². The van der Waals surface area contributed by atoms with Crippen LogP contribution < -0.4 is 11.2 Å². The highest BCUT2D eigenvalue weighted by Crippen LogP contribution is 2.45. The predicted molar refractivity (Wildman–Crippen MR) is 51.6 cm³/mol. The van der Waals surface area contributed by atoms with Gasteiger partial charge in [-0.2, -0.15) is 0 Å². The molecule has 4 nitrogen and oxygen atoms in total. The number of aromatic nitrogens is 1. The molecule has 0 aromatic carbocycles. The maximum absolute atomic E-state index is 11.9. The quantitative estimate of drug-likeness (QED) is 0.737. The van der Waals surface area contributed by atoms with Crippen LogP contribution in [0.2, 0.25) is 0 Å². The Kier molecular flexibility index (Phi) is 3.60. The first-order valence-corrected chi connectivity index (χ1v) is 5.64. The Hall–Kier alpha value is -0.700. The summed E-state index contributed by atoms with van der Waals surface area (Å²) in [6, 6.07) is 5.13. The van der Waals surface area contributed by atoms with Crippen LogP contribution in [0.4, 0.5) is 0 Å². The zero-order valence-corrected chi connectivity index (χ0v) is 8.28. The van der Waals surface area contributed by atoms with E-state index in [1.165, 1.54) is 0 Å². The van der Waals surface area contributed by atoms with Crippen LogP contribution >= 0.6 is 7.37 Å². The van der Waals surface area contributed by atoms with Crippen LogP contribution in [0.3, 0.4) is 0 Å². The summed E-state index contributed by atoms with van der Waals surface area (Å²) in [5.41, 5.74) is 5.66. The highest BCUT2D eigenvalue weighted by atomic mass is 31.2. The summed E-state index contributed by atoms with van der Waals surface area (Å²) < 4.78 is 17.0. The molecule has 1 heterocycles. The topological polar surface area (TPSA) is 65.2 Å². The largest absolute Gasteiger partial charge is 0.323 e. The Morgan fingerprint density at radius 1 is 1.69 bits per heavy atom. The van der Waals surface area contributed by atoms with Crippen LogP contribution in [-0.4, -0.2) is 11.6 Å². The summed E-state index contributed by atoms with van der Waals surface area (Å²) in [5, 5.41) is 0. The van der Waals surface area contributed by atoms with E-state index in [-0.39, 0.29) is 0 Å². The van der Waals surface area contributed by atoms with Gasteiger partial charge in [0, 0.05) is 6.20 Å². The summed E-state index contributed by atoms with van der Waals surface area (Å²) >= 11 is 0. The molecule has 1 aromatic heterocycles. The minimum atomic E-state index is -3.01. The second-order valence-electron chi connectivity index (χ2n) is 2.35. The lowest BCUT2D eigenvalue weighted by Crippen LogP contribution is -2.14. The molecule has 0 bridgehead atoms. The van der Waals surface area contributed by atoms with Crippen molar-refractivity contribution < 1.29 is 9.09 Å². The lowest BCUT2D eigenvalue weighted by molar-refractivity contribution is 0.344. The highest BCUT2D eigenvalue weighted by molar-refractivity contribution is 7.68. The Labute approximate surface area is 77.6 Å². The van der Waals surface area contributed by atoms with E-state index in [1.54, 1.807) is 31.3 Å². The first-order valence-electron chi connectivity index (χ1n) is 3.95. The molecule has 0 aliphatic carbocycles. The molecule has 0 saturated heterocycles. The number of pyridine rings is 1. The Bertz CT molecular complexity index is 302. The van der Waals surface area contributed by atoms with Gasteiger partial charge in [-0.25, -0.2) is 0 Å². The van der Waals surface area contributed by atoms with Gasteiger partial charge in [-0.15, -0.1) is 0 Å². The first kappa shape index (κ1) is 10.4. The van der Waals surface area contributed by atoms with E-state index in [2.05, 4.69) is 4.98 Å². The molecule has 1 aromatic rings. The molecule has 1 rings (SSSR count). The van der Waals surface area contributed by atoms with Crippen molar-refractivity contribution in [2.45, 2.75) is 6.92 Å². The molecule has 0 fully saturated rings. The normalized spacial score (nSPS) is 15.2. The average molecular weight is 199 g/mol. The van der Waals surface area contributed by atoms with Crippen LogP contribution in [0, 0.1) is 6.29 Å². The van der Waals surface area contributed by atoms with Gasteiger partial charge in [0.15, 0.2) is 0 Å². The molecule has 0 spiro atoms. The molecule has 71 valence electrons. The number of hydrogen-bond donors (Lipinski definition) is 1. The van der Waals surface area contributed by atoms with E-state index < -0.39 is 7.37 Å². The van der Waals surface area contributed by atoms with Gasteiger partial charge in [0.1, 0.15) is 11.7 Å². The number of hydrogen-bond acceptors (Lipinski definition) is 4. The van der Waals surface area contributed by atoms with Gasteiger partial charge >= 0.3 is 0 Å². The first-order chi connectivity index (χ1) is 6.23. The van der Waals surface area contributed by atoms with Crippen molar-refractivity contribution >= 4 is 12.8 Å². The minimum absolute atomic E-state index is 0.349. The summed E-state index contributed by atoms with van der Waals surface area (Å²) in [6.07, 6.45) is 2.64. The maximum Gasteiger partial charge on any atom is 0.268 e. The van der Waals surface area contributed by atoms with Crippen molar-refractivity contribution in [1.29, 1.82) is 0 Å². The third kappa shape index (κ3) is 2.37. The lowest BCUT2D eigenvalue weighted by Gasteiger charge is -2.13. The molecule has 0 amide bonds. The van der Waals surface area contributed by atoms with Crippen molar-refractivity contribution in [2.24, 2.45) is 5.73 Å². The average Bonchev–Trinajstić information content (AvgIpc) is 2.19. The van der Waals surface area contributed by atoms with Crippen LogP contribution in [0.1, 0.15) is 6.92 Å². The van der Waals surface area contributed by atoms with Crippen molar-refractivity contribution in [3.05, 3.63) is 30.7 Å². The molecule has 1 unspecified atom stereocenters. The fraction of sp³-hybridized carbons (Fsp3) is 0.250. The summed E-state index contributed by atoms with van der Waals surface area (Å²) in [5.74, 6) is 0. The molecular formula is C8H12N2O2P. The van der Waals surface area contributed by atoms with Crippen molar-refractivity contribution in [2.75, 3.05) is 6.61 Å². The van der Waals surface area contributed by atoms with E-state index in [4.69, 9.17) is 10.3 Å². The molecule has 0 aliphatic heterocycles. The predicted octanol–water partition coefficient (Wildman–Crippen LogP) is 1.10. The second kappa shape index (κ2) is 4.51. The number of nitrogens with zero attached hydrogens (tertiary/aromatic N) is 1. The van der Waals surface area contributed by atoms with Crippen molar-refractivity contribution in [1.82, 2.24) is 4.98 Å². The molecular weight excluding hydrogens is 187 g/mol. The lowest BCUT2D eigenvalue weighted by atomic mass is 10.5. The number of rotatable bonds is 4. The van der Waals surface area contributed by atoms with Gasteiger partial charge in [-0.05, 0) is 19.1 Å². The van der Waals surface area contributed by atoms with Crippen molar-refractivity contribution in [3.8, 4) is 0 Å². The highest BCUT2D eigenvalue weighted by Gasteiger charge is 2.24. The van der Waals surface area contributed by atoms with E-state index in [9.17, 15) is 4.57 Å².